The van der Waals surface area contributed by atoms with Crippen LogP contribution in [-0.2, 0) is 30.3 Å². The van der Waals surface area contributed by atoms with Crippen LogP contribution >= 0.6 is 0 Å². The minimum atomic E-state index is -1.61. The number of rotatable bonds is 11. The molecule has 11 heteroatoms. The fourth-order valence-electron chi connectivity index (χ4n) is 7.23. The highest BCUT2D eigenvalue weighted by molar-refractivity contribution is 5.95. The lowest BCUT2D eigenvalue weighted by Crippen LogP contribution is -2.54. The first-order chi connectivity index (χ1) is 18.8. The number of carbonyl (C=O) groups is 4. The van der Waals surface area contributed by atoms with E-state index in [1.165, 1.54) is 29.5 Å². The number of benzene rings is 1. The number of primary amides is 1. The molecule has 1 heterocycles. The second-order valence-electron chi connectivity index (χ2n) is 12.3. The lowest BCUT2D eigenvalue weighted by atomic mass is 9.88. The van der Waals surface area contributed by atoms with Crippen molar-refractivity contribution in [2.24, 2.45) is 28.4 Å². The number of amides is 3. The highest BCUT2D eigenvalue weighted by Gasteiger charge is 2.72. The average molecular weight is 560 g/mol. The SMILES string of the molecule is CC1(C)C2C(CCOC(=O)C3CCCN3C(=O)C(CC(N)=O)NC(=O)C(O)Cc3ccc(O)c(O)c3)CCC21C. The Bertz CT molecular complexity index is 1170. The van der Waals surface area contributed by atoms with Crippen LogP contribution in [0, 0.1) is 22.7 Å². The van der Waals surface area contributed by atoms with E-state index in [4.69, 9.17) is 10.5 Å². The molecule has 1 aromatic carbocycles. The van der Waals surface area contributed by atoms with Gasteiger partial charge in [0.15, 0.2) is 11.5 Å². The maximum Gasteiger partial charge on any atom is 0.328 e. The number of carbonyl (C=O) groups excluding carboxylic acids is 4. The van der Waals surface area contributed by atoms with E-state index in [1.807, 2.05) is 0 Å². The summed E-state index contributed by atoms with van der Waals surface area (Å²) < 4.78 is 5.61. The number of aromatic hydroxyl groups is 2. The monoisotopic (exact) mass is 559 g/mol. The topological polar surface area (TPSA) is 179 Å². The summed E-state index contributed by atoms with van der Waals surface area (Å²) in [4.78, 5) is 52.1. The van der Waals surface area contributed by atoms with Crippen LogP contribution in [0.3, 0.4) is 0 Å². The molecule has 220 valence electrons. The average Bonchev–Trinajstić information content (AvgIpc) is 3.30. The minimum absolute atomic E-state index is 0.214. The minimum Gasteiger partial charge on any atom is -0.504 e. The molecule has 1 aliphatic heterocycles. The quantitative estimate of drug-likeness (QED) is 0.199. The molecule has 1 aromatic rings. The first-order valence-electron chi connectivity index (χ1n) is 14.0. The van der Waals surface area contributed by atoms with Crippen LogP contribution in [0.4, 0.5) is 0 Å². The largest absolute Gasteiger partial charge is 0.504 e. The third-order valence-corrected chi connectivity index (χ3v) is 9.69. The molecule has 2 saturated carbocycles. The Morgan fingerprint density at radius 2 is 1.88 bits per heavy atom. The van der Waals surface area contributed by atoms with E-state index in [0.29, 0.717) is 41.1 Å². The molecule has 11 nitrogen and oxygen atoms in total. The maximum atomic E-state index is 13.4. The summed E-state index contributed by atoms with van der Waals surface area (Å²) in [7, 11) is 0. The number of nitrogens with two attached hydrogens (primary N) is 1. The van der Waals surface area contributed by atoms with Crippen LogP contribution in [0.25, 0.3) is 0 Å². The van der Waals surface area contributed by atoms with Gasteiger partial charge in [-0.05, 0) is 72.5 Å². The zero-order valence-corrected chi connectivity index (χ0v) is 23.4. The van der Waals surface area contributed by atoms with E-state index in [9.17, 15) is 34.5 Å². The molecule has 0 spiro atoms. The molecule has 4 rings (SSSR count). The van der Waals surface area contributed by atoms with Gasteiger partial charge in [0.1, 0.15) is 18.2 Å². The van der Waals surface area contributed by atoms with Gasteiger partial charge in [0, 0.05) is 13.0 Å². The van der Waals surface area contributed by atoms with Crippen molar-refractivity contribution in [2.75, 3.05) is 13.2 Å². The predicted molar refractivity (Wildman–Crippen MR) is 144 cm³/mol. The van der Waals surface area contributed by atoms with Crippen LogP contribution in [0.5, 0.6) is 11.5 Å². The molecule has 0 radical (unpaired) electrons. The van der Waals surface area contributed by atoms with Gasteiger partial charge < -0.3 is 36.0 Å². The van der Waals surface area contributed by atoms with Crippen LogP contribution < -0.4 is 11.1 Å². The summed E-state index contributed by atoms with van der Waals surface area (Å²) in [6.45, 7) is 7.48. The molecule has 1 saturated heterocycles. The lowest BCUT2D eigenvalue weighted by molar-refractivity contribution is -0.154. The summed E-state index contributed by atoms with van der Waals surface area (Å²) >= 11 is 0. The molecule has 6 unspecified atom stereocenters. The van der Waals surface area contributed by atoms with E-state index in [0.717, 1.165) is 12.8 Å². The number of hydrogen-bond donors (Lipinski definition) is 5. The molecular formula is C29H41N3O8. The fourth-order valence-corrected chi connectivity index (χ4v) is 7.23. The Labute approximate surface area is 234 Å². The number of aliphatic hydroxyl groups excluding tert-OH is 1. The van der Waals surface area contributed by atoms with Crippen molar-refractivity contribution in [2.45, 2.75) is 83.9 Å². The van der Waals surface area contributed by atoms with Crippen molar-refractivity contribution in [3.05, 3.63) is 23.8 Å². The van der Waals surface area contributed by atoms with Gasteiger partial charge in [-0.15, -0.1) is 0 Å². The van der Waals surface area contributed by atoms with Crippen molar-refractivity contribution in [1.29, 1.82) is 0 Å². The van der Waals surface area contributed by atoms with Crippen molar-refractivity contribution in [3.8, 4) is 11.5 Å². The first kappa shape index (κ1) is 29.6. The number of ether oxygens (including phenoxy) is 1. The molecule has 2 aliphatic carbocycles. The van der Waals surface area contributed by atoms with E-state index < -0.39 is 54.0 Å². The van der Waals surface area contributed by atoms with Crippen molar-refractivity contribution < 1.29 is 39.2 Å². The summed E-state index contributed by atoms with van der Waals surface area (Å²) in [6.07, 6.45) is 1.74. The molecule has 3 amide bonds. The number of aliphatic hydroxyl groups is 1. The van der Waals surface area contributed by atoms with Gasteiger partial charge in [-0.2, -0.15) is 0 Å². The van der Waals surface area contributed by atoms with Crippen LogP contribution in [0.2, 0.25) is 0 Å². The highest BCUT2D eigenvalue weighted by atomic mass is 16.5. The normalized spacial score (nSPS) is 27.9. The second kappa shape index (κ2) is 11.3. The molecule has 6 atom stereocenters. The Kier molecular flexibility index (Phi) is 8.35. The number of fused-ring (bicyclic) bond motifs is 1. The first-order valence-corrected chi connectivity index (χ1v) is 14.0. The summed E-state index contributed by atoms with van der Waals surface area (Å²) in [5.74, 6) is -2.50. The van der Waals surface area contributed by atoms with Crippen LogP contribution in [0.1, 0.15) is 64.9 Å². The molecular weight excluding hydrogens is 518 g/mol. The van der Waals surface area contributed by atoms with Crippen molar-refractivity contribution in [3.63, 3.8) is 0 Å². The number of phenolic OH excluding ortho intramolecular Hbond substituents is 2. The van der Waals surface area contributed by atoms with Crippen molar-refractivity contribution in [1.82, 2.24) is 10.2 Å². The van der Waals surface area contributed by atoms with E-state index in [1.54, 1.807) is 0 Å². The second-order valence-corrected chi connectivity index (χ2v) is 12.3. The smallest absolute Gasteiger partial charge is 0.328 e. The van der Waals surface area contributed by atoms with Gasteiger partial charge >= 0.3 is 5.97 Å². The Morgan fingerprint density at radius 1 is 1.15 bits per heavy atom. The third-order valence-electron chi connectivity index (χ3n) is 9.69. The van der Waals surface area contributed by atoms with Gasteiger partial charge in [-0.25, -0.2) is 4.79 Å². The number of phenols is 2. The van der Waals surface area contributed by atoms with Crippen LogP contribution in [0.15, 0.2) is 18.2 Å². The Hall–Kier alpha value is -3.34. The number of esters is 1. The Balaban J connectivity index is 1.33. The highest BCUT2D eigenvalue weighted by Crippen LogP contribution is 2.78. The zero-order valence-electron chi connectivity index (χ0n) is 23.4. The van der Waals surface area contributed by atoms with Gasteiger partial charge in [0.05, 0.1) is 13.0 Å². The Morgan fingerprint density at radius 3 is 2.50 bits per heavy atom. The molecule has 3 fully saturated rings. The van der Waals surface area contributed by atoms with E-state index >= 15 is 0 Å². The molecule has 6 N–H and O–H groups in total. The molecule has 3 aliphatic rings. The van der Waals surface area contributed by atoms with Gasteiger partial charge in [-0.3, -0.25) is 14.4 Å². The predicted octanol–water partition coefficient (Wildman–Crippen LogP) is 1.36. The van der Waals surface area contributed by atoms with Gasteiger partial charge in [0.2, 0.25) is 17.7 Å². The van der Waals surface area contributed by atoms with Gasteiger partial charge in [-0.1, -0.05) is 26.8 Å². The number of hydrogen-bond acceptors (Lipinski definition) is 8. The zero-order chi connectivity index (χ0) is 29.4. The maximum absolute atomic E-state index is 13.4. The number of nitrogens with one attached hydrogen (secondary N) is 1. The standard InChI is InChI=1S/C29H41N3O8/c1-28(2)24-17(8-10-29(24,28)3)9-12-40-27(39)19-5-4-11-32(19)26(38)18(15-23(30)36)31-25(37)22(35)14-16-6-7-20(33)21(34)13-16/h6-7,13,17-19,22,24,33-35H,4-5,8-12,14-15H2,1-3H3,(H2,30,36)(H,31,37). The van der Waals surface area contributed by atoms with Crippen molar-refractivity contribution >= 4 is 23.7 Å². The molecule has 0 aromatic heterocycles. The number of nitrogens with zero attached hydrogens (tertiary/aromatic N) is 1. The summed E-state index contributed by atoms with van der Waals surface area (Å²) in [5, 5.41) is 31.9. The summed E-state index contributed by atoms with van der Waals surface area (Å²) in [6, 6.07) is 1.66. The summed E-state index contributed by atoms with van der Waals surface area (Å²) in [5.41, 5.74) is 6.38. The van der Waals surface area contributed by atoms with Gasteiger partial charge in [0.25, 0.3) is 0 Å². The third kappa shape index (κ3) is 5.75. The van der Waals surface area contributed by atoms with Crippen LogP contribution in [-0.4, -0.2) is 75.2 Å². The number of likely N-dealkylation sites (tertiary alicyclic amines) is 1. The fraction of sp³-hybridized carbons (Fsp3) is 0.655. The molecule has 40 heavy (non-hydrogen) atoms. The van der Waals surface area contributed by atoms with E-state index in [-0.39, 0.29) is 25.3 Å². The molecule has 0 bridgehead atoms. The van der Waals surface area contributed by atoms with E-state index in [2.05, 4.69) is 26.1 Å². The lowest BCUT2D eigenvalue weighted by Gasteiger charge is -2.28.